The van der Waals surface area contributed by atoms with Crippen molar-refractivity contribution < 1.29 is 44.9 Å². The maximum Gasteiger partial charge on any atom is 0.458 e. The first-order valence-corrected chi connectivity index (χ1v) is 11.1. The number of halogens is 7. The lowest BCUT2D eigenvalue weighted by Crippen LogP contribution is -2.25. The van der Waals surface area contributed by atoms with Crippen molar-refractivity contribution in [3.63, 3.8) is 0 Å². The van der Waals surface area contributed by atoms with Gasteiger partial charge in [0.1, 0.15) is 17.4 Å². The molecule has 11 heteroatoms. The Bertz CT molecular complexity index is 1320. The molecule has 0 aliphatic carbocycles. The molecule has 0 N–H and O–H groups in total. The van der Waals surface area contributed by atoms with Crippen LogP contribution in [0.2, 0.25) is 0 Å². The molecule has 196 valence electrons. The van der Waals surface area contributed by atoms with Crippen molar-refractivity contribution in [2.45, 2.75) is 31.2 Å². The molecule has 0 bridgehead atoms. The van der Waals surface area contributed by atoms with Gasteiger partial charge >= 0.3 is 12.3 Å². The Balaban J connectivity index is 1.51. The van der Waals surface area contributed by atoms with Gasteiger partial charge in [-0.3, -0.25) is 4.98 Å². The van der Waals surface area contributed by atoms with Crippen LogP contribution in [0.1, 0.15) is 35.8 Å². The topological polar surface area (TPSA) is 40.6 Å². The van der Waals surface area contributed by atoms with E-state index in [1.807, 2.05) is 0 Å². The monoisotopic (exact) mass is 527 g/mol. The lowest BCUT2D eigenvalue weighted by atomic mass is 9.96. The lowest BCUT2D eigenvalue weighted by Gasteiger charge is -2.29. The Kier molecular flexibility index (Phi) is 7.62. The predicted molar refractivity (Wildman–Crippen MR) is 119 cm³/mol. The summed E-state index contributed by atoms with van der Waals surface area (Å²) >= 11 is 0. The maximum absolute atomic E-state index is 14.8. The number of hydrogen-bond acceptors (Lipinski definition) is 4. The molecule has 4 nitrogen and oxygen atoms in total. The summed E-state index contributed by atoms with van der Waals surface area (Å²) in [6, 6.07) is 6.18. The number of fused-ring (bicyclic) bond motifs is 1. The Hall–Kier alpha value is -3.36. The molecule has 4 rings (SSSR count). The van der Waals surface area contributed by atoms with Crippen molar-refractivity contribution in [1.29, 1.82) is 0 Å². The molecule has 37 heavy (non-hydrogen) atoms. The Morgan fingerprint density at radius 2 is 1.84 bits per heavy atom. The average Bonchev–Trinajstić information content (AvgIpc) is 2.83. The molecule has 1 fully saturated rings. The molecule has 2 atom stereocenters. The van der Waals surface area contributed by atoms with Crippen LogP contribution in [-0.4, -0.2) is 31.5 Å². The van der Waals surface area contributed by atoms with Crippen LogP contribution < -0.4 is 4.74 Å². The minimum atomic E-state index is -4.94. The van der Waals surface area contributed by atoms with Crippen LogP contribution in [0, 0.1) is 29.4 Å². The van der Waals surface area contributed by atoms with Gasteiger partial charge in [0.25, 0.3) is 0 Å². The van der Waals surface area contributed by atoms with Gasteiger partial charge in [-0.25, -0.2) is 8.78 Å². The van der Waals surface area contributed by atoms with Crippen LogP contribution in [0.3, 0.4) is 0 Å². The second kappa shape index (κ2) is 10.6. The molecule has 0 saturated carbocycles. The van der Waals surface area contributed by atoms with Gasteiger partial charge in [-0.2, -0.15) is 22.0 Å². The molecule has 2 unspecified atom stereocenters. The van der Waals surface area contributed by atoms with E-state index in [1.165, 1.54) is 18.2 Å². The fourth-order valence-corrected chi connectivity index (χ4v) is 4.02. The predicted octanol–water partition coefficient (Wildman–Crippen LogP) is 6.67. The summed E-state index contributed by atoms with van der Waals surface area (Å²) in [6.45, 7) is 1.06. The van der Waals surface area contributed by atoms with Crippen LogP contribution in [0.4, 0.5) is 30.7 Å². The lowest BCUT2D eigenvalue weighted by molar-refractivity contribution is -0.188. The Morgan fingerprint density at radius 1 is 1.05 bits per heavy atom. The summed E-state index contributed by atoms with van der Waals surface area (Å²) in [4.78, 5) is 3.81. The average molecular weight is 527 g/mol. The second-order valence-corrected chi connectivity index (χ2v) is 8.49. The normalized spacial score (nSPS) is 18.4. The smallest absolute Gasteiger partial charge is 0.428 e. The molecule has 1 aromatic heterocycles. The van der Waals surface area contributed by atoms with Gasteiger partial charge in [0.2, 0.25) is 0 Å². The van der Waals surface area contributed by atoms with E-state index in [1.54, 1.807) is 7.11 Å². The zero-order chi connectivity index (χ0) is 26.8. The fourth-order valence-electron chi connectivity index (χ4n) is 4.02. The summed E-state index contributed by atoms with van der Waals surface area (Å²) in [5.74, 6) is -0.654. The molecule has 1 aliphatic heterocycles. The molecule has 1 aliphatic rings. The minimum absolute atomic E-state index is 0.203. The third kappa shape index (κ3) is 6.32. The van der Waals surface area contributed by atoms with E-state index in [0.29, 0.717) is 31.3 Å². The molecule has 2 heterocycles. The van der Waals surface area contributed by atoms with Gasteiger partial charge in [0.05, 0.1) is 24.9 Å². The number of benzene rings is 2. The molecule has 0 spiro atoms. The highest BCUT2D eigenvalue weighted by atomic mass is 19.4. The first-order valence-electron chi connectivity index (χ1n) is 11.1. The Morgan fingerprint density at radius 3 is 2.46 bits per heavy atom. The SMILES string of the molecule is COCC1CCC(c2ccc(C(F)(F)Oc3ccc4c(F)c(C#CC(F)(F)F)c(F)cc4c3)nc2)OC1. The van der Waals surface area contributed by atoms with E-state index in [2.05, 4.69) is 4.98 Å². The van der Waals surface area contributed by atoms with E-state index >= 15 is 0 Å². The number of alkyl halides is 5. The third-order valence-electron chi connectivity index (χ3n) is 5.80. The van der Waals surface area contributed by atoms with Gasteiger partial charge in [0.15, 0.2) is 5.69 Å². The van der Waals surface area contributed by atoms with E-state index in [-0.39, 0.29) is 22.8 Å². The number of rotatable bonds is 6. The van der Waals surface area contributed by atoms with Crippen LogP contribution in [0.5, 0.6) is 5.75 Å². The van der Waals surface area contributed by atoms with Crippen molar-refractivity contribution in [1.82, 2.24) is 4.98 Å². The number of ether oxygens (including phenoxy) is 3. The number of methoxy groups -OCH3 is 1. The van der Waals surface area contributed by atoms with Crippen LogP contribution >= 0.6 is 0 Å². The summed E-state index contributed by atoms with van der Waals surface area (Å²) in [6.07, 6.45) is -6.28. The van der Waals surface area contributed by atoms with Crippen LogP contribution in [0.25, 0.3) is 10.8 Å². The van der Waals surface area contributed by atoms with E-state index < -0.39 is 40.9 Å². The minimum Gasteiger partial charge on any atom is -0.428 e. The van der Waals surface area contributed by atoms with Gasteiger partial charge in [-0.1, -0.05) is 12.0 Å². The molecular formula is C26H20F7NO3. The van der Waals surface area contributed by atoms with E-state index in [9.17, 15) is 30.7 Å². The van der Waals surface area contributed by atoms with Crippen molar-refractivity contribution in [2.75, 3.05) is 20.3 Å². The van der Waals surface area contributed by atoms with Crippen LogP contribution in [0.15, 0.2) is 42.6 Å². The summed E-state index contributed by atoms with van der Waals surface area (Å²) in [5.41, 5.74) is -1.14. The third-order valence-corrected chi connectivity index (χ3v) is 5.80. The standard InChI is InChI=1S/C26H20F7NO3/c1-35-13-15-2-6-22(36-14-15)16-3-7-23(34-12-16)26(32,33)37-18-4-5-19-17(10-18)11-21(27)20(24(19)28)8-9-25(29,30)31/h3-5,7,10-12,15,22H,2,6,13-14H2,1H3. The molecule has 1 saturated heterocycles. The fraction of sp³-hybridized carbons (Fsp3) is 0.346. The second-order valence-electron chi connectivity index (χ2n) is 8.49. The zero-order valence-corrected chi connectivity index (χ0v) is 19.3. The highest BCUT2D eigenvalue weighted by Crippen LogP contribution is 2.35. The van der Waals surface area contributed by atoms with Gasteiger partial charge in [0, 0.05) is 30.5 Å². The largest absolute Gasteiger partial charge is 0.458 e. The molecule has 2 aromatic carbocycles. The van der Waals surface area contributed by atoms with E-state index in [4.69, 9.17) is 14.2 Å². The molecule has 0 radical (unpaired) electrons. The summed E-state index contributed by atoms with van der Waals surface area (Å²) in [7, 11) is 1.61. The highest BCUT2D eigenvalue weighted by molar-refractivity contribution is 5.86. The molecule has 0 amide bonds. The van der Waals surface area contributed by atoms with Gasteiger partial charge in [-0.15, -0.1) is 0 Å². The summed E-state index contributed by atoms with van der Waals surface area (Å²) in [5, 5.41) is -0.517. The van der Waals surface area contributed by atoms with Crippen molar-refractivity contribution in [3.05, 3.63) is 71.1 Å². The summed E-state index contributed by atoms with van der Waals surface area (Å²) < 4.78 is 111. The van der Waals surface area contributed by atoms with Gasteiger partial charge < -0.3 is 14.2 Å². The first-order chi connectivity index (χ1) is 17.5. The van der Waals surface area contributed by atoms with Crippen molar-refractivity contribution in [2.24, 2.45) is 5.92 Å². The number of aromatic nitrogens is 1. The molecule has 3 aromatic rings. The van der Waals surface area contributed by atoms with E-state index in [0.717, 1.165) is 36.6 Å². The molecular weight excluding hydrogens is 507 g/mol. The number of hydrogen-bond donors (Lipinski definition) is 0. The zero-order valence-electron chi connectivity index (χ0n) is 19.3. The highest BCUT2D eigenvalue weighted by Gasteiger charge is 2.37. The van der Waals surface area contributed by atoms with Crippen molar-refractivity contribution >= 4 is 10.8 Å². The quantitative estimate of drug-likeness (QED) is 0.265. The maximum atomic E-state index is 14.8. The number of nitrogens with zero attached hydrogens (tertiary/aromatic N) is 1. The number of pyridine rings is 1. The first kappa shape index (κ1) is 26.7. The Labute approximate surface area is 207 Å². The van der Waals surface area contributed by atoms with Gasteiger partial charge in [-0.05, 0) is 54.1 Å². The van der Waals surface area contributed by atoms with Crippen molar-refractivity contribution in [3.8, 4) is 17.6 Å². The van der Waals surface area contributed by atoms with Crippen LogP contribution in [-0.2, 0) is 15.6 Å².